The van der Waals surface area contributed by atoms with E-state index >= 15 is 0 Å². The van der Waals surface area contributed by atoms with Gasteiger partial charge in [0.15, 0.2) is 0 Å². The second-order valence-corrected chi connectivity index (χ2v) is 3.78. The monoisotopic (exact) mass is 232 g/mol. The highest BCUT2D eigenvalue weighted by Crippen LogP contribution is 2.30. The normalized spacial score (nSPS) is 10.4. The van der Waals surface area contributed by atoms with E-state index in [0.717, 1.165) is 28.0 Å². The minimum absolute atomic E-state index is 0.458. The van der Waals surface area contributed by atoms with Gasteiger partial charge in [0.2, 0.25) is 0 Å². The molecule has 1 aromatic rings. The Morgan fingerprint density at radius 1 is 1.14 bits per heavy atom. The predicted molar refractivity (Wildman–Crippen MR) is 61.6 cm³/mol. The van der Waals surface area contributed by atoms with Crippen LogP contribution in [0.2, 0.25) is 0 Å². The van der Waals surface area contributed by atoms with Crippen LogP contribution in [0, 0.1) is 13.8 Å². The second kappa shape index (κ2) is 4.90. The molecule has 0 saturated carbocycles. The maximum atomic E-state index is 5.88. The minimum atomic E-state index is 0.458. The molecule has 0 fully saturated rings. The number of methoxy groups -OCH3 is 1. The van der Waals surface area contributed by atoms with Crippen molar-refractivity contribution in [2.75, 3.05) is 7.11 Å². The largest absolute Gasteiger partial charge is 0.496 e. The molecule has 0 unspecified atom stereocenters. The van der Waals surface area contributed by atoms with Crippen molar-refractivity contribution in [1.82, 2.24) is 0 Å². The van der Waals surface area contributed by atoms with Crippen molar-refractivity contribution in [2.45, 2.75) is 25.6 Å². The van der Waals surface area contributed by atoms with Crippen LogP contribution in [0.25, 0.3) is 0 Å². The van der Waals surface area contributed by atoms with Crippen molar-refractivity contribution in [3.8, 4) is 5.75 Å². The van der Waals surface area contributed by atoms with E-state index in [9.17, 15) is 0 Å². The van der Waals surface area contributed by atoms with E-state index in [1.807, 2.05) is 19.9 Å². The average molecular weight is 233 g/mol. The van der Waals surface area contributed by atoms with Gasteiger partial charge in [-0.1, -0.05) is 0 Å². The molecule has 14 heavy (non-hydrogen) atoms. The Morgan fingerprint density at radius 2 is 1.71 bits per heavy atom. The molecule has 1 aromatic carbocycles. The average Bonchev–Trinajstić information content (AvgIpc) is 2.17. The van der Waals surface area contributed by atoms with E-state index in [-0.39, 0.29) is 0 Å². The summed E-state index contributed by atoms with van der Waals surface area (Å²) in [4.78, 5) is 0. The molecule has 0 N–H and O–H groups in total. The van der Waals surface area contributed by atoms with Crippen molar-refractivity contribution < 1.29 is 4.74 Å². The van der Waals surface area contributed by atoms with Crippen molar-refractivity contribution >= 4 is 23.2 Å². The van der Waals surface area contributed by atoms with Crippen LogP contribution >= 0.6 is 23.2 Å². The number of aryl methyl sites for hydroxylation is 1. The molecule has 0 heterocycles. The summed E-state index contributed by atoms with van der Waals surface area (Å²) in [7, 11) is 1.66. The van der Waals surface area contributed by atoms with Gasteiger partial charge in [-0.3, -0.25) is 0 Å². The van der Waals surface area contributed by atoms with Crippen molar-refractivity contribution in [2.24, 2.45) is 0 Å². The number of hydrogen-bond acceptors (Lipinski definition) is 1. The summed E-state index contributed by atoms with van der Waals surface area (Å²) >= 11 is 11.8. The van der Waals surface area contributed by atoms with Gasteiger partial charge < -0.3 is 4.74 Å². The number of alkyl halides is 2. The zero-order valence-corrected chi connectivity index (χ0v) is 10.2. The molecule has 1 rings (SSSR count). The molecule has 0 spiro atoms. The topological polar surface area (TPSA) is 9.23 Å². The van der Waals surface area contributed by atoms with E-state index in [1.54, 1.807) is 7.11 Å². The molecule has 0 aliphatic carbocycles. The summed E-state index contributed by atoms with van der Waals surface area (Å²) < 4.78 is 5.27. The SMILES string of the molecule is COc1cc(C)c(CCl)c(C)c1CCl. The smallest absolute Gasteiger partial charge is 0.123 e. The highest BCUT2D eigenvalue weighted by molar-refractivity contribution is 6.18. The van der Waals surface area contributed by atoms with Crippen LogP contribution in [0.15, 0.2) is 6.07 Å². The third-order valence-electron chi connectivity index (χ3n) is 2.51. The number of hydrogen-bond donors (Lipinski definition) is 0. The lowest BCUT2D eigenvalue weighted by atomic mass is 9.98. The molecular weight excluding hydrogens is 219 g/mol. The van der Waals surface area contributed by atoms with Gasteiger partial charge in [0.25, 0.3) is 0 Å². The summed E-state index contributed by atoms with van der Waals surface area (Å²) in [5.41, 5.74) is 4.49. The van der Waals surface area contributed by atoms with Crippen LogP contribution in [0.3, 0.4) is 0 Å². The van der Waals surface area contributed by atoms with Gasteiger partial charge in [0, 0.05) is 11.4 Å². The number of halogens is 2. The Balaban J connectivity index is 3.39. The van der Waals surface area contributed by atoms with Gasteiger partial charge >= 0.3 is 0 Å². The fourth-order valence-corrected chi connectivity index (χ4v) is 2.33. The lowest BCUT2D eigenvalue weighted by molar-refractivity contribution is 0.410. The van der Waals surface area contributed by atoms with Gasteiger partial charge in [0.1, 0.15) is 5.75 Å². The molecule has 0 atom stereocenters. The molecule has 0 amide bonds. The molecule has 0 aliphatic heterocycles. The molecule has 0 bridgehead atoms. The standard InChI is InChI=1S/C11H14Cl2O/c1-7-4-11(14-3)10(6-13)8(2)9(7)5-12/h4H,5-6H2,1-3H3. The predicted octanol–water partition coefficient (Wildman–Crippen LogP) is 3.79. The molecule has 0 saturated heterocycles. The van der Waals surface area contributed by atoms with Crippen LogP contribution in [-0.4, -0.2) is 7.11 Å². The summed E-state index contributed by atoms with van der Waals surface area (Å²) in [6.45, 7) is 4.07. The van der Waals surface area contributed by atoms with E-state index in [2.05, 4.69) is 0 Å². The first-order valence-corrected chi connectivity index (χ1v) is 5.50. The maximum absolute atomic E-state index is 5.88. The number of ether oxygens (including phenoxy) is 1. The lowest BCUT2D eigenvalue weighted by Crippen LogP contribution is -1.99. The Morgan fingerprint density at radius 3 is 2.14 bits per heavy atom. The zero-order chi connectivity index (χ0) is 10.7. The van der Waals surface area contributed by atoms with Gasteiger partial charge in [-0.2, -0.15) is 0 Å². The third-order valence-corrected chi connectivity index (χ3v) is 3.05. The molecular formula is C11H14Cl2O. The van der Waals surface area contributed by atoms with Crippen LogP contribution < -0.4 is 4.74 Å². The maximum Gasteiger partial charge on any atom is 0.123 e. The van der Waals surface area contributed by atoms with Crippen LogP contribution in [0.5, 0.6) is 5.75 Å². The fourth-order valence-electron chi connectivity index (χ4n) is 1.59. The summed E-state index contributed by atoms with van der Waals surface area (Å²) in [6.07, 6.45) is 0. The molecule has 0 aromatic heterocycles. The molecule has 3 heteroatoms. The van der Waals surface area contributed by atoms with Gasteiger partial charge in [-0.15, -0.1) is 23.2 Å². The van der Waals surface area contributed by atoms with Crippen LogP contribution in [0.4, 0.5) is 0 Å². The summed E-state index contributed by atoms with van der Waals surface area (Å²) in [5.74, 6) is 1.83. The Hall–Kier alpha value is -0.400. The summed E-state index contributed by atoms with van der Waals surface area (Å²) in [5, 5.41) is 0. The summed E-state index contributed by atoms with van der Waals surface area (Å²) in [6, 6.07) is 1.99. The van der Waals surface area contributed by atoms with Crippen molar-refractivity contribution in [3.05, 3.63) is 28.3 Å². The Labute approximate surface area is 95.0 Å². The first kappa shape index (κ1) is 11.7. The van der Waals surface area contributed by atoms with Crippen molar-refractivity contribution in [3.63, 3.8) is 0 Å². The molecule has 1 nitrogen and oxygen atoms in total. The highest BCUT2D eigenvalue weighted by atomic mass is 35.5. The first-order chi connectivity index (χ1) is 6.65. The number of rotatable bonds is 3. The molecule has 0 aliphatic rings. The van der Waals surface area contributed by atoms with Gasteiger partial charge in [0.05, 0.1) is 13.0 Å². The Kier molecular flexibility index (Phi) is 4.09. The van der Waals surface area contributed by atoms with Crippen molar-refractivity contribution in [1.29, 1.82) is 0 Å². The highest BCUT2D eigenvalue weighted by Gasteiger charge is 2.11. The van der Waals surface area contributed by atoms with E-state index in [4.69, 9.17) is 27.9 Å². The Bertz CT molecular complexity index is 335. The molecule has 78 valence electrons. The van der Waals surface area contributed by atoms with E-state index in [0.29, 0.717) is 11.8 Å². The quantitative estimate of drug-likeness (QED) is 0.721. The zero-order valence-electron chi connectivity index (χ0n) is 8.66. The first-order valence-electron chi connectivity index (χ1n) is 4.43. The van der Waals surface area contributed by atoms with Crippen LogP contribution in [-0.2, 0) is 11.8 Å². The van der Waals surface area contributed by atoms with E-state index < -0.39 is 0 Å². The van der Waals surface area contributed by atoms with Gasteiger partial charge in [-0.05, 0) is 36.6 Å². The van der Waals surface area contributed by atoms with Crippen LogP contribution in [0.1, 0.15) is 22.3 Å². The minimum Gasteiger partial charge on any atom is -0.496 e. The third kappa shape index (κ3) is 1.99. The lowest BCUT2D eigenvalue weighted by Gasteiger charge is -2.15. The van der Waals surface area contributed by atoms with Gasteiger partial charge in [-0.25, -0.2) is 0 Å². The fraction of sp³-hybridized carbons (Fsp3) is 0.455. The van der Waals surface area contributed by atoms with E-state index in [1.165, 1.54) is 0 Å². The second-order valence-electron chi connectivity index (χ2n) is 3.25. The molecule has 0 radical (unpaired) electrons. The number of benzene rings is 1.